The molecule has 1 aliphatic rings. The van der Waals surface area contributed by atoms with Gasteiger partial charge in [-0.25, -0.2) is 0 Å². The molecular formula is C16H24O6. The standard InChI is InChI=1S/C16H24O6/c1-18-14-13(17)12(22-16(20-3)15(14)19-2)10-21-9-11-7-5-4-6-8-11/h4-8,12-17H,9-10H2,1-3H3/t12-,13-,14+,15-,16+/m1/s1. The van der Waals surface area contributed by atoms with E-state index in [1.54, 1.807) is 0 Å². The highest BCUT2D eigenvalue weighted by Crippen LogP contribution is 2.26. The number of hydrogen-bond donors (Lipinski definition) is 1. The number of methoxy groups -OCH3 is 3. The van der Waals surface area contributed by atoms with Crippen LogP contribution in [0.1, 0.15) is 5.56 Å². The van der Waals surface area contributed by atoms with Crippen LogP contribution in [0.3, 0.4) is 0 Å². The maximum absolute atomic E-state index is 10.4. The molecule has 22 heavy (non-hydrogen) atoms. The van der Waals surface area contributed by atoms with Crippen molar-refractivity contribution in [1.82, 2.24) is 0 Å². The molecule has 1 N–H and O–H groups in total. The van der Waals surface area contributed by atoms with Crippen LogP contribution >= 0.6 is 0 Å². The molecule has 124 valence electrons. The van der Waals surface area contributed by atoms with Crippen LogP contribution in [0.15, 0.2) is 30.3 Å². The summed E-state index contributed by atoms with van der Waals surface area (Å²) in [6.07, 6.45) is -3.02. The summed E-state index contributed by atoms with van der Waals surface area (Å²) in [5, 5.41) is 10.4. The van der Waals surface area contributed by atoms with E-state index in [-0.39, 0.29) is 6.61 Å². The number of benzene rings is 1. The molecule has 0 unspecified atom stereocenters. The Morgan fingerprint density at radius 1 is 1.00 bits per heavy atom. The first-order valence-electron chi connectivity index (χ1n) is 7.24. The maximum atomic E-state index is 10.4. The van der Waals surface area contributed by atoms with Gasteiger partial charge in [0, 0.05) is 21.3 Å². The highest BCUT2D eigenvalue weighted by Gasteiger charge is 2.46. The molecule has 0 amide bonds. The first-order chi connectivity index (χ1) is 10.7. The zero-order chi connectivity index (χ0) is 15.9. The van der Waals surface area contributed by atoms with E-state index in [4.69, 9.17) is 23.7 Å². The van der Waals surface area contributed by atoms with Crippen molar-refractivity contribution in [1.29, 1.82) is 0 Å². The summed E-state index contributed by atoms with van der Waals surface area (Å²) in [6.45, 7) is 0.697. The van der Waals surface area contributed by atoms with Crippen molar-refractivity contribution in [2.24, 2.45) is 0 Å². The zero-order valence-electron chi connectivity index (χ0n) is 13.2. The molecule has 0 spiro atoms. The van der Waals surface area contributed by atoms with Crippen molar-refractivity contribution in [2.75, 3.05) is 27.9 Å². The molecule has 1 fully saturated rings. The second-order valence-corrected chi connectivity index (χ2v) is 5.17. The van der Waals surface area contributed by atoms with Crippen molar-refractivity contribution in [3.8, 4) is 0 Å². The molecule has 0 saturated carbocycles. The lowest BCUT2D eigenvalue weighted by Gasteiger charge is -2.42. The lowest BCUT2D eigenvalue weighted by molar-refractivity contribution is -0.305. The Bertz CT molecular complexity index is 426. The lowest BCUT2D eigenvalue weighted by atomic mass is 9.99. The van der Waals surface area contributed by atoms with Gasteiger partial charge in [-0.3, -0.25) is 0 Å². The Balaban J connectivity index is 1.92. The number of aliphatic hydroxyl groups excluding tert-OH is 1. The quantitative estimate of drug-likeness (QED) is 0.809. The van der Waals surface area contributed by atoms with Gasteiger partial charge in [-0.15, -0.1) is 0 Å². The second-order valence-electron chi connectivity index (χ2n) is 5.17. The Morgan fingerprint density at radius 2 is 1.68 bits per heavy atom. The van der Waals surface area contributed by atoms with Gasteiger partial charge in [0.05, 0.1) is 13.2 Å². The number of hydrogen-bond acceptors (Lipinski definition) is 6. The molecule has 6 nitrogen and oxygen atoms in total. The average molecular weight is 312 g/mol. The predicted molar refractivity (Wildman–Crippen MR) is 79.4 cm³/mol. The van der Waals surface area contributed by atoms with Gasteiger partial charge in [-0.05, 0) is 5.56 Å². The average Bonchev–Trinajstić information content (AvgIpc) is 2.56. The SMILES string of the molecule is CO[C@H]1O[C@H](COCc2ccccc2)[C@@H](O)[C@H](OC)[C@H]1OC. The van der Waals surface area contributed by atoms with Crippen LogP contribution in [0.25, 0.3) is 0 Å². The third-order valence-corrected chi connectivity index (χ3v) is 3.79. The van der Waals surface area contributed by atoms with Gasteiger partial charge < -0.3 is 28.8 Å². The largest absolute Gasteiger partial charge is 0.387 e. The smallest absolute Gasteiger partial charge is 0.186 e. The van der Waals surface area contributed by atoms with Gasteiger partial charge in [-0.2, -0.15) is 0 Å². The van der Waals surface area contributed by atoms with Crippen LogP contribution in [0.5, 0.6) is 0 Å². The van der Waals surface area contributed by atoms with Crippen LogP contribution in [0, 0.1) is 0 Å². The molecular weight excluding hydrogens is 288 g/mol. The minimum absolute atomic E-state index is 0.242. The monoisotopic (exact) mass is 312 g/mol. The maximum Gasteiger partial charge on any atom is 0.186 e. The number of rotatable bonds is 7. The summed E-state index contributed by atoms with van der Waals surface area (Å²) in [5.41, 5.74) is 1.06. The molecule has 0 radical (unpaired) electrons. The molecule has 0 aliphatic carbocycles. The third kappa shape index (κ3) is 4.04. The fourth-order valence-corrected chi connectivity index (χ4v) is 2.60. The van der Waals surface area contributed by atoms with E-state index in [1.807, 2.05) is 30.3 Å². The minimum Gasteiger partial charge on any atom is -0.387 e. The fourth-order valence-electron chi connectivity index (χ4n) is 2.60. The summed E-state index contributed by atoms with van der Waals surface area (Å²) in [5.74, 6) is 0. The first-order valence-corrected chi connectivity index (χ1v) is 7.24. The molecule has 1 aliphatic heterocycles. The fraction of sp³-hybridized carbons (Fsp3) is 0.625. The molecule has 1 heterocycles. The Morgan fingerprint density at radius 3 is 2.27 bits per heavy atom. The summed E-state index contributed by atoms with van der Waals surface area (Å²) in [4.78, 5) is 0. The highest BCUT2D eigenvalue weighted by atomic mass is 16.7. The summed E-state index contributed by atoms with van der Waals surface area (Å²) in [7, 11) is 4.59. The molecule has 1 aromatic rings. The van der Waals surface area contributed by atoms with Gasteiger partial charge in [0.25, 0.3) is 0 Å². The first kappa shape index (κ1) is 17.3. The Hall–Kier alpha value is -1.02. The molecule has 1 saturated heterocycles. The van der Waals surface area contributed by atoms with Gasteiger partial charge in [0.2, 0.25) is 0 Å². The number of ether oxygens (including phenoxy) is 5. The van der Waals surface area contributed by atoms with Crippen molar-refractivity contribution >= 4 is 0 Å². The van der Waals surface area contributed by atoms with Crippen LogP contribution in [0.4, 0.5) is 0 Å². The van der Waals surface area contributed by atoms with Crippen molar-refractivity contribution in [3.05, 3.63) is 35.9 Å². The van der Waals surface area contributed by atoms with Crippen molar-refractivity contribution in [2.45, 2.75) is 37.3 Å². The van der Waals surface area contributed by atoms with E-state index < -0.39 is 30.7 Å². The van der Waals surface area contributed by atoms with E-state index in [1.165, 1.54) is 21.3 Å². The van der Waals surface area contributed by atoms with Crippen LogP contribution in [0.2, 0.25) is 0 Å². The summed E-state index contributed by atoms with van der Waals surface area (Å²) >= 11 is 0. The highest BCUT2D eigenvalue weighted by molar-refractivity contribution is 5.13. The predicted octanol–water partition coefficient (Wildman–Crippen LogP) is 0.965. The lowest BCUT2D eigenvalue weighted by Crippen LogP contribution is -2.60. The van der Waals surface area contributed by atoms with Crippen LogP contribution in [-0.2, 0) is 30.3 Å². The normalized spacial score (nSPS) is 32.1. The third-order valence-electron chi connectivity index (χ3n) is 3.79. The molecule has 0 bridgehead atoms. The van der Waals surface area contributed by atoms with Crippen molar-refractivity contribution < 1.29 is 28.8 Å². The van der Waals surface area contributed by atoms with Gasteiger partial charge >= 0.3 is 0 Å². The second kappa shape index (κ2) is 8.57. The van der Waals surface area contributed by atoms with E-state index in [0.29, 0.717) is 6.61 Å². The van der Waals surface area contributed by atoms with Crippen LogP contribution in [-0.4, -0.2) is 63.7 Å². The van der Waals surface area contributed by atoms with E-state index in [9.17, 15) is 5.11 Å². The minimum atomic E-state index is -0.850. The molecule has 1 aromatic carbocycles. The molecule has 2 rings (SSSR count). The van der Waals surface area contributed by atoms with Gasteiger partial charge in [-0.1, -0.05) is 30.3 Å². The Labute approximate surface area is 130 Å². The van der Waals surface area contributed by atoms with Crippen LogP contribution < -0.4 is 0 Å². The zero-order valence-corrected chi connectivity index (χ0v) is 13.2. The van der Waals surface area contributed by atoms with Gasteiger partial charge in [0.1, 0.15) is 24.4 Å². The van der Waals surface area contributed by atoms with E-state index >= 15 is 0 Å². The van der Waals surface area contributed by atoms with E-state index in [2.05, 4.69) is 0 Å². The Kier molecular flexibility index (Phi) is 6.75. The topological polar surface area (TPSA) is 66.4 Å². The van der Waals surface area contributed by atoms with Crippen molar-refractivity contribution in [3.63, 3.8) is 0 Å². The summed E-state index contributed by atoms with van der Waals surface area (Å²) in [6, 6.07) is 9.82. The molecule has 6 heteroatoms. The number of aliphatic hydroxyl groups is 1. The van der Waals surface area contributed by atoms with Gasteiger partial charge in [0.15, 0.2) is 6.29 Å². The summed E-state index contributed by atoms with van der Waals surface area (Å²) < 4.78 is 27.3. The molecule has 0 aromatic heterocycles. The van der Waals surface area contributed by atoms with E-state index in [0.717, 1.165) is 5.56 Å². The molecule has 5 atom stereocenters.